The molecule has 90 valence electrons. The summed E-state index contributed by atoms with van der Waals surface area (Å²) in [5, 5.41) is 3.34. The maximum absolute atomic E-state index is 5.37. The predicted molar refractivity (Wildman–Crippen MR) is 69.1 cm³/mol. The van der Waals surface area contributed by atoms with Crippen LogP contribution in [0, 0.1) is 0 Å². The van der Waals surface area contributed by atoms with Gasteiger partial charge in [0.25, 0.3) is 0 Å². The molecule has 0 spiro atoms. The van der Waals surface area contributed by atoms with Crippen molar-refractivity contribution in [2.45, 2.75) is 39.7 Å². The van der Waals surface area contributed by atoms with Crippen molar-refractivity contribution in [1.82, 2.24) is 5.32 Å². The monoisotopic (exact) mass is 221 g/mol. The molecule has 0 bridgehead atoms. The van der Waals surface area contributed by atoms with Gasteiger partial charge in [0.2, 0.25) is 0 Å². The molecular weight excluding hydrogens is 198 g/mol. The number of hydrogen-bond acceptors (Lipinski definition) is 2. The Kier molecular flexibility index (Phi) is 4.36. The summed E-state index contributed by atoms with van der Waals surface area (Å²) in [5.41, 5.74) is 2.77. The number of rotatable bonds is 4. The molecule has 1 aromatic carbocycles. The zero-order valence-corrected chi connectivity index (χ0v) is 11.1. The molecule has 1 rings (SSSR count). The SMILES string of the molecule is CCNCc1cc(C(C)(C)C)ccc1OC. The van der Waals surface area contributed by atoms with Crippen LogP contribution in [0.1, 0.15) is 38.8 Å². The molecular formula is C14H23NO. The van der Waals surface area contributed by atoms with Crippen molar-refractivity contribution < 1.29 is 4.74 Å². The minimum Gasteiger partial charge on any atom is -0.496 e. The highest BCUT2D eigenvalue weighted by Gasteiger charge is 2.15. The summed E-state index contributed by atoms with van der Waals surface area (Å²) in [6, 6.07) is 6.45. The van der Waals surface area contributed by atoms with Gasteiger partial charge in [-0.15, -0.1) is 0 Å². The maximum atomic E-state index is 5.37. The molecule has 0 unspecified atom stereocenters. The third-order valence-electron chi connectivity index (χ3n) is 2.71. The molecule has 0 aliphatic rings. The normalized spacial score (nSPS) is 11.6. The van der Waals surface area contributed by atoms with E-state index in [0.717, 1.165) is 18.8 Å². The summed E-state index contributed by atoms with van der Waals surface area (Å²) < 4.78 is 5.37. The zero-order chi connectivity index (χ0) is 12.2. The first-order valence-electron chi connectivity index (χ1n) is 5.87. The summed E-state index contributed by atoms with van der Waals surface area (Å²) in [6.07, 6.45) is 0. The average Bonchev–Trinajstić information content (AvgIpc) is 2.24. The quantitative estimate of drug-likeness (QED) is 0.843. The highest BCUT2D eigenvalue weighted by molar-refractivity contribution is 5.39. The van der Waals surface area contributed by atoms with Crippen LogP contribution in [-0.2, 0) is 12.0 Å². The Bertz CT molecular complexity index is 339. The van der Waals surface area contributed by atoms with Gasteiger partial charge in [0.1, 0.15) is 5.75 Å². The van der Waals surface area contributed by atoms with Crippen LogP contribution in [-0.4, -0.2) is 13.7 Å². The van der Waals surface area contributed by atoms with Crippen LogP contribution >= 0.6 is 0 Å². The van der Waals surface area contributed by atoms with Gasteiger partial charge < -0.3 is 10.1 Å². The van der Waals surface area contributed by atoms with Crippen LogP contribution in [0.3, 0.4) is 0 Å². The fraction of sp³-hybridized carbons (Fsp3) is 0.571. The van der Waals surface area contributed by atoms with E-state index in [1.54, 1.807) is 7.11 Å². The fourth-order valence-electron chi connectivity index (χ4n) is 1.64. The lowest BCUT2D eigenvalue weighted by molar-refractivity contribution is 0.407. The molecule has 0 aliphatic carbocycles. The van der Waals surface area contributed by atoms with Gasteiger partial charge in [-0.25, -0.2) is 0 Å². The lowest BCUT2D eigenvalue weighted by Crippen LogP contribution is -2.15. The molecule has 1 aromatic rings. The molecule has 2 heteroatoms. The summed E-state index contributed by atoms with van der Waals surface area (Å²) in [6.45, 7) is 10.6. The van der Waals surface area contributed by atoms with Crippen LogP contribution in [0.4, 0.5) is 0 Å². The van der Waals surface area contributed by atoms with E-state index in [1.165, 1.54) is 11.1 Å². The molecule has 2 nitrogen and oxygen atoms in total. The van der Waals surface area contributed by atoms with Crippen LogP contribution in [0.25, 0.3) is 0 Å². The Morgan fingerprint density at radius 2 is 1.94 bits per heavy atom. The van der Waals surface area contributed by atoms with E-state index < -0.39 is 0 Å². The molecule has 0 saturated heterocycles. The second-order valence-electron chi connectivity index (χ2n) is 5.06. The van der Waals surface area contributed by atoms with E-state index >= 15 is 0 Å². The number of nitrogens with one attached hydrogen (secondary N) is 1. The van der Waals surface area contributed by atoms with Crippen molar-refractivity contribution in [1.29, 1.82) is 0 Å². The van der Waals surface area contributed by atoms with Crippen molar-refractivity contribution in [2.75, 3.05) is 13.7 Å². The molecule has 0 radical (unpaired) electrons. The highest BCUT2D eigenvalue weighted by Crippen LogP contribution is 2.27. The number of benzene rings is 1. The van der Waals surface area contributed by atoms with Gasteiger partial charge >= 0.3 is 0 Å². The first-order valence-corrected chi connectivity index (χ1v) is 5.87. The second kappa shape index (κ2) is 5.35. The second-order valence-corrected chi connectivity index (χ2v) is 5.06. The Balaban J connectivity index is 3.01. The summed E-state index contributed by atoms with van der Waals surface area (Å²) >= 11 is 0. The Morgan fingerprint density at radius 3 is 2.44 bits per heavy atom. The zero-order valence-electron chi connectivity index (χ0n) is 11.1. The smallest absolute Gasteiger partial charge is 0.123 e. The Hall–Kier alpha value is -1.02. The number of hydrogen-bond donors (Lipinski definition) is 1. The molecule has 0 fully saturated rings. The average molecular weight is 221 g/mol. The van der Waals surface area contributed by atoms with E-state index in [0.29, 0.717) is 0 Å². The Morgan fingerprint density at radius 1 is 1.25 bits per heavy atom. The predicted octanol–water partition coefficient (Wildman–Crippen LogP) is 3.10. The van der Waals surface area contributed by atoms with E-state index in [-0.39, 0.29) is 5.41 Å². The molecule has 0 atom stereocenters. The van der Waals surface area contributed by atoms with Crippen LogP contribution in [0.2, 0.25) is 0 Å². The van der Waals surface area contributed by atoms with Gasteiger partial charge in [-0.1, -0.05) is 39.8 Å². The third-order valence-corrected chi connectivity index (χ3v) is 2.71. The van der Waals surface area contributed by atoms with E-state index in [2.05, 4.69) is 51.2 Å². The van der Waals surface area contributed by atoms with E-state index in [1.807, 2.05) is 0 Å². The maximum Gasteiger partial charge on any atom is 0.123 e. The summed E-state index contributed by atoms with van der Waals surface area (Å²) in [5.74, 6) is 0.967. The Labute approximate surface area is 99.0 Å². The standard InChI is InChI=1S/C14H23NO/c1-6-15-10-11-9-12(14(2,3)4)7-8-13(11)16-5/h7-9,15H,6,10H2,1-5H3. The molecule has 1 N–H and O–H groups in total. The molecule has 0 heterocycles. The van der Waals surface area contributed by atoms with Crippen LogP contribution in [0.5, 0.6) is 5.75 Å². The summed E-state index contributed by atoms with van der Waals surface area (Å²) in [4.78, 5) is 0. The van der Waals surface area contributed by atoms with Gasteiger partial charge in [-0.2, -0.15) is 0 Å². The minimum atomic E-state index is 0.188. The molecule has 16 heavy (non-hydrogen) atoms. The topological polar surface area (TPSA) is 21.3 Å². The van der Waals surface area contributed by atoms with Crippen molar-refractivity contribution >= 4 is 0 Å². The molecule has 0 aliphatic heterocycles. The van der Waals surface area contributed by atoms with Gasteiger partial charge in [-0.05, 0) is 23.6 Å². The largest absolute Gasteiger partial charge is 0.496 e. The molecule has 0 saturated carbocycles. The van der Waals surface area contributed by atoms with Gasteiger partial charge in [0.15, 0.2) is 0 Å². The third kappa shape index (κ3) is 3.24. The van der Waals surface area contributed by atoms with E-state index in [9.17, 15) is 0 Å². The molecule has 0 amide bonds. The lowest BCUT2D eigenvalue weighted by Gasteiger charge is -2.21. The van der Waals surface area contributed by atoms with Gasteiger partial charge in [0.05, 0.1) is 7.11 Å². The van der Waals surface area contributed by atoms with Gasteiger partial charge in [-0.3, -0.25) is 0 Å². The number of methoxy groups -OCH3 is 1. The minimum absolute atomic E-state index is 0.188. The van der Waals surface area contributed by atoms with Crippen molar-refractivity contribution in [3.63, 3.8) is 0 Å². The van der Waals surface area contributed by atoms with Crippen LogP contribution in [0.15, 0.2) is 18.2 Å². The van der Waals surface area contributed by atoms with Crippen molar-refractivity contribution in [3.05, 3.63) is 29.3 Å². The highest BCUT2D eigenvalue weighted by atomic mass is 16.5. The van der Waals surface area contributed by atoms with Gasteiger partial charge in [0, 0.05) is 12.1 Å². The number of ether oxygens (including phenoxy) is 1. The van der Waals surface area contributed by atoms with Crippen molar-refractivity contribution in [2.24, 2.45) is 0 Å². The van der Waals surface area contributed by atoms with Crippen LogP contribution < -0.4 is 10.1 Å². The first kappa shape index (κ1) is 13.0. The van der Waals surface area contributed by atoms with Crippen molar-refractivity contribution in [3.8, 4) is 5.75 Å². The van der Waals surface area contributed by atoms with E-state index in [4.69, 9.17) is 4.74 Å². The fourth-order valence-corrected chi connectivity index (χ4v) is 1.64. The molecule has 0 aromatic heterocycles. The summed E-state index contributed by atoms with van der Waals surface area (Å²) in [7, 11) is 1.72. The first-order chi connectivity index (χ1) is 7.49. The lowest BCUT2D eigenvalue weighted by atomic mass is 9.86.